The van der Waals surface area contributed by atoms with Gasteiger partial charge in [-0.2, -0.15) is 0 Å². The Kier molecular flexibility index (Phi) is 4.01. The Hall–Kier alpha value is -0.650. The maximum Gasteiger partial charge on any atom is 0.241 e. The maximum absolute atomic E-state index is 12.9. The number of benzene rings is 1. The van der Waals surface area contributed by atoms with Gasteiger partial charge in [0.25, 0.3) is 0 Å². The predicted octanol–water partition coefficient (Wildman–Crippen LogP) is 2.74. The molecule has 1 aromatic carbocycles. The Morgan fingerprint density at radius 3 is 3.00 bits per heavy atom. The Bertz CT molecular complexity index is 443. The lowest BCUT2D eigenvalue weighted by Gasteiger charge is -2.12. The molecule has 0 spiro atoms. The highest BCUT2D eigenvalue weighted by Crippen LogP contribution is 2.30. The van der Waals surface area contributed by atoms with Crippen LogP contribution in [0.1, 0.15) is 6.42 Å². The molecule has 0 aliphatic carbocycles. The van der Waals surface area contributed by atoms with Crippen molar-refractivity contribution in [1.29, 1.82) is 0 Å². The number of hydrogen-bond donors (Lipinski definition) is 2. The van der Waals surface area contributed by atoms with Gasteiger partial charge in [-0.15, -0.1) is 0 Å². The van der Waals surface area contributed by atoms with Crippen LogP contribution in [0.2, 0.25) is 5.02 Å². The summed E-state index contributed by atoms with van der Waals surface area (Å²) in [7, 11) is 0. The summed E-state index contributed by atoms with van der Waals surface area (Å²) in [6, 6.07) is 4.77. The van der Waals surface area contributed by atoms with Crippen LogP contribution in [0.15, 0.2) is 22.7 Å². The molecule has 1 heterocycles. The first-order valence-corrected chi connectivity index (χ1v) is 6.37. The van der Waals surface area contributed by atoms with Gasteiger partial charge in [-0.05, 0) is 28.1 Å². The molecule has 92 valence electrons. The quantitative estimate of drug-likeness (QED) is 0.879. The lowest BCUT2D eigenvalue weighted by Crippen LogP contribution is -2.35. The van der Waals surface area contributed by atoms with Gasteiger partial charge < -0.3 is 10.6 Å². The number of nitrogens with one attached hydrogen (secondary N) is 2. The number of halogens is 3. The summed E-state index contributed by atoms with van der Waals surface area (Å²) < 4.78 is 13.6. The molecule has 2 rings (SSSR count). The maximum atomic E-state index is 12.9. The fraction of sp³-hybridized carbons (Fsp3) is 0.364. The van der Waals surface area contributed by atoms with Crippen molar-refractivity contribution in [3.63, 3.8) is 0 Å². The Morgan fingerprint density at radius 2 is 2.35 bits per heavy atom. The number of alkyl halides is 1. The van der Waals surface area contributed by atoms with E-state index in [1.54, 1.807) is 18.2 Å². The topological polar surface area (TPSA) is 41.1 Å². The van der Waals surface area contributed by atoms with Crippen molar-refractivity contribution in [3.8, 4) is 0 Å². The van der Waals surface area contributed by atoms with Gasteiger partial charge >= 0.3 is 0 Å². The summed E-state index contributed by atoms with van der Waals surface area (Å²) in [5, 5.41) is 5.94. The van der Waals surface area contributed by atoms with Crippen molar-refractivity contribution < 1.29 is 9.18 Å². The summed E-state index contributed by atoms with van der Waals surface area (Å²) >= 11 is 9.29. The molecule has 0 aromatic heterocycles. The van der Waals surface area contributed by atoms with Crippen LogP contribution in [0.25, 0.3) is 0 Å². The van der Waals surface area contributed by atoms with Crippen LogP contribution < -0.4 is 10.6 Å². The van der Waals surface area contributed by atoms with E-state index >= 15 is 0 Å². The number of rotatable bonds is 2. The minimum absolute atomic E-state index is 0.206. The number of carbonyl (C=O) groups is 1. The molecule has 0 bridgehead atoms. The second-order valence-electron chi connectivity index (χ2n) is 3.88. The third-order valence-electron chi connectivity index (χ3n) is 2.60. The van der Waals surface area contributed by atoms with Crippen molar-refractivity contribution >= 4 is 39.1 Å². The van der Waals surface area contributed by atoms with Gasteiger partial charge in [-0.1, -0.05) is 17.7 Å². The zero-order chi connectivity index (χ0) is 12.4. The van der Waals surface area contributed by atoms with E-state index in [1.165, 1.54) is 0 Å². The predicted molar refractivity (Wildman–Crippen MR) is 69.1 cm³/mol. The highest BCUT2D eigenvalue weighted by molar-refractivity contribution is 9.10. The third kappa shape index (κ3) is 2.97. The third-order valence-corrected chi connectivity index (χ3v) is 3.90. The molecule has 2 N–H and O–H groups in total. The molecule has 0 radical (unpaired) electrons. The van der Waals surface area contributed by atoms with Crippen molar-refractivity contribution in [2.45, 2.75) is 18.6 Å². The van der Waals surface area contributed by atoms with Gasteiger partial charge in [0, 0.05) is 17.4 Å². The molecule has 1 aliphatic heterocycles. The van der Waals surface area contributed by atoms with Crippen LogP contribution in [0, 0.1) is 0 Å². The van der Waals surface area contributed by atoms with Crippen LogP contribution >= 0.6 is 27.5 Å². The standard InChI is InChI=1S/C11H11BrClFN2O/c12-7-2-1-3-8(10(7)13)16-11(17)9-4-6(14)5-15-9/h1-3,6,9,15H,4-5H2,(H,16,17)/t6-,9+/m1/s1. The SMILES string of the molecule is O=C(Nc1cccc(Br)c1Cl)[C@@H]1C[C@@H](F)CN1. The Balaban J connectivity index is 2.06. The highest BCUT2D eigenvalue weighted by Gasteiger charge is 2.29. The monoisotopic (exact) mass is 320 g/mol. The van der Waals surface area contributed by atoms with Gasteiger partial charge in [-0.3, -0.25) is 4.79 Å². The van der Waals surface area contributed by atoms with Crippen LogP contribution in [0.5, 0.6) is 0 Å². The minimum Gasteiger partial charge on any atom is -0.323 e. The molecule has 0 unspecified atom stereocenters. The van der Waals surface area contributed by atoms with Crippen LogP contribution in [-0.4, -0.2) is 24.7 Å². The zero-order valence-corrected chi connectivity index (χ0v) is 11.2. The van der Waals surface area contributed by atoms with Crippen molar-refractivity contribution in [3.05, 3.63) is 27.7 Å². The molecular weight excluding hydrogens is 310 g/mol. The molecule has 1 amide bonds. The number of hydrogen-bond acceptors (Lipinski definition) is 2. The van der Waals surface area contributed by atoms with E-state index in [0.29, 0.717) is 15.2 Å². The van der Waals surface area contributed by atoms with E-state index in [2.05, 4.69) is 26.6 Å². The van der Waals surface area contributed by atoms with Crippen molar-refractivity contribution in [2.75, 3.05) is 11.9 Å². The van der Waals surface area contributed by atoms with Crippen molar-refractivity contribution in [1.82, 2.24) is 5.32 Å². The Morgan fingerprint density at radius 1 is 1.59 bits per heavy atom. The summed E-state index contributed by atoms with van der Waals surface area (Å²) in [5.41, 5.74) is 0.523. The van der Waals surface area contributed by atoms with Crippen molar-refractivity contribution in [2.24, 2.45) is 0 Å². The fourth-order valence-electron chi connectivity index (χ4n) is 1.71. The first kappa shape index (κ1) is 12.8. The normalized spacial score (nSPS) is 23.7. The second kappa shape index (κ2) is 5.33. The van der Waals surface area contributed by atoms with Crippen LogP contribution in [0.3, 0.4) is 0 Å². The molecule has 17 heavy (non-hydrogen) atoms. The molecule has 2 atom stereocenters. The summed E-state index contributed by atoms with van der Waals surface area (Å²) in [6.07, 6.45) is -0.749. The largest absolute Gasteiger partial charge is 0.323 e. The smallest absolute Gasteiger partial charge is 0.241 e. The van der Waals surface area contributed by atoms with Gasteiger partial charge in [0.05, 0.1) is 16.8 Å². The van der Waals surface area contributed by atoms with Gasteiger partial charge in [0.1, 0.15) is 6.17 Å². The molecular formula is C11H11BrClFN2O. The Labute approximate surface area is 112 Å². The van der Waals surface area contributed by atoms with E-state index in [4.69, 9.17) is 11.6 Å². The van der Waals surface area contributed by atoms with E-state index in [1.807, 2.05) is 0 Å². The molecule has 1 aliphatic rings. The first-order chi connectivity index (χ1) is 8.08. The van der Waals surface area contributed by atoms with E-state index < -0.39 is 12.2 Å². The molecule has 1 fully saturated rings. The van der Waals surface area contributed by atoms with Gasteiger partial charge in [-0.25, -0.2) is 4.39 Å². The minimum atomic E-state index is -0.955. The van der Waals surface area contributed by atoms with E-state index in [0.717, 1.165) is 0 Å². The van der Waals surface area contributed by atoms with E-state index in [-0.39, 0.29) is 18.9 Å². The molecule has 1 aromatic rings. The molecule has 1 saturated heterocycles. The van der Waals surface area contributed by atoms with Gasteiger partial charge in [0.2, 0.25) is 5.91 Å². The van der Waals surface area contributed by atoms with Crippen LogP contribution in [0.4, 0.5) is 10.1 Å². The summed E-state index contributed by atoms with van der Waals surface area (Å²) in [4.78, 5) is 11.8. The highest BCUT2D eigenvalue weighted by atomic mass is 79.9. The number of amides is 1. The number of anilines is 1. The molecule has 0 saturated carbocycles. The summed E-state index contributed by atoms with van der Waals surface area (Å²) in [5.74, 6) is -0.259. The molecule has 3 nitrogen and oxygen atoms in total. The fourth-order valence-corrected chi connectivity index (χ4v) is 2.25. The molecule has 6 heteroatoms. The second-order valence-corrected chi connectivity index (χ2v) is 5.12. The van der Waals surface area contributed by atoms with E-state index in [9.17, 15) is 9.18 Å². The lowest BCUT2D eigenvalue weighted by molar-refractivity contribution is -0.117. The zero-order valence-electron chi connectivity index (χ0n) is 8.84. The van der Waals surface area contributed by atoms with Gasteiger partial charge in [0.15, 0.2) is 0 Å². The van der Waals surface area contributed by atoms with Crippen LogP contribution in [-0.2, 0) is 4.79 Å². The average molecular weight is 322 g/mol. The summed E-state index contributed by atoms with van der Waals surface area (Å²) in [6.45, 7) is 0.226. The number of carbonyl (C=O) groups excluding carboxylic acids is 1. The first-order valence-electron chi connectivity index (χ1n) is 5.20. The average Bonchev–Trinajstić information content (AvgIpc) is 2.72. The lowest BCUT2D eigenvalue weighted by atomic mass is 10.2.